The van der Waals surface area contributed by atoms with Gasteiger partial charge in [-0.25, -0.2) is 0 Å². The van der Waals surface area contributed by atoms with Gasteiger partial charge in [0.2, 0.25) is 0 Å². The number of nitrogens with zero attached hydrogens (tertiary/aromatic N) is 1. The fraction of sp³-hybridized carbons (Fsp3) is 0.0690. The summed E-state index contributed by atoms with van der Waals surface area (Å²) in [7, 11) is 0. The van der Waals surface area contributed by atoms with Crippen molar-refractivity contribution in [1.29, 1.82) is 0 Å². The van der Waals surface area contributed by atoms with Gasteiger partial charge in [0, 0.05) is 12.4 Å². The van der Waals surface area contributed by atoms with E-state index in [4.69, 9.17) is 0 Å². The first-order chi connectivity index (χ1) is 14.7. The van der Waals surface area contributed by atoms with E-state index in [9.17, 15) is 0 Å². The number of hydrogen-bond donors (Lipinski definition) is 0. The summed E-state index contributed by atoms with van der Waals surface area (Å²) in [6.45, 7) is 4.45. The average Bonchev–Trinajstić information content (AvgIpc) is 2.78. The van der Waals surface area contributed by atoms with Gasteiger partial charge in [0.05, 0.1) is 0 Å². The molecule has 1 heterocycles. The Labute approximate surface area is 176 Å². The molecule has 0 aliphatic heterocycles. The van der Waals surface area contributed by atoms with E-state index in [1.807, 2.05) is 18.5 Å². The van der Waals surface area contributed by atoms with Gasteiger partial charge in [-0.15, -0.1) is 0 Å². The van der Waals surface area contributed by atoms with Gasteiger partial charge >= 0.3 is 0 Å². The number of aromatic nitrogens is 1. The highest BCUT2D eigenvalue weighted by Crippen LogP contribution is 2.42. The van der Waals surface area contributed by atoms with Crippen LogP contribution in [-0.4, -0.2) is 4.98 Å². The maximum Gasteiger partial charge on any atom is 0.0346 e. The molecule has 5 aromatic carbocycles. The van der Waals surface area contributed by atoms with E-state index in [1.165, 1.54) is 60.1 Å². The summed E-state index contributed by atoms with van der Waals surface area (Å²) in [5.41, 5.74) is 7.61. The normalized spacial score (nSPS) is 11.7. The lowest BCUT2D eigenvalue weighted by Gasteiger charge is -2.18. The molecule has 0 aliphatic carbocycles. The zero-order chi connectivity index (χ0) is 20.2. The molecule has 1 heteroatoms. The van der Waals surface area contributed by atoms with Crippen LogP contribution in [0.3, 0.4) is 0 Å². The highest BCUT2D eigenvalue weighted by molar-refractivity contribution is 6.25. The molecule has 0 spiro atoms. The van der Waals surface area contributed by atoms with Crippen molar-refractivity contribution < 1.29 is 0 Å². The highest BCUT2D eigenvalue weighted by atomic mass is 14.6. The Bertz CT molecular complexity index is 1530. The van der Waals surface area contributed by atoms with E-state index < -0.39 is 0 Å². The summed E-state index contributed by atoms with van der Waals surface area (Å²) in [5, 5.41) is 8.03. The minimum absolute atomic E-state index is 1.15. The van der Waals surface area contributed by atoms with Crippen molar-refractivity contribution in [3.05, 3.63) is 102 Å². The lowest BCUT2D eigenvalue weighted by atomic mass is 9.85. The van der Waals surface area contributed by atoms with Crippen LogP contribution in [0, 0.1) is 13.8 Å². The van der Waals surface area contributed by atoms with E-state index in [0.717, 1.165) is 5.56 Å². The molecule has 6 aromatic rings. The summed E-state index contributed by atoms with van der Waals surface area (Å²) in [6, 6.07) is 28.9. The molecule has 0 bridgehead atoms. The quantitative estimate of drug-likeness (QED) is 0.277. The van der Waals surface area contributed by atoms with Crippen molar-refractivity contribution in [3.63, 3.8) is 0 Å². The molecule has 30 heavy (non-hydrogen) atoms. The van der Waals surface area contributed by atoms with Crippen LogP contribution in [0.25, 0.3) is 54.6 Å². The van der Waals surface area contributed by atoms with Crippen LogP contribution in [0.2, 0.25) is 0 Å². The molecule has 0 unspecified atom stereocenters. The molecule has 142 valence electrons. The smallest absolute Gasteiger partial charge is 0.0346 e. The molecule has 0 amide bonds. The predicted molar refractivity (Wildman–Crippen MR) is 128 cm³/mol. The molecule has 0 aliphatic rings. The maximum atomic E-state index is 4.27. The topological polar surface area (TPSA) is 12.9 Å². The van der Waals surface area contributed by atoms with Crippen molar-refractivity contribution in [2.24, 2.45) is 0 Å². The first kappa shape index (κ1) is 17.2. The number of rotatable bonds is 2. The van der Waals surface area contributed by atoms with Gasteiger partial charge in [0.25, 0.3) is 0 Å². The summed E-state index contributed by atoms with van der Waals surface area (Å²) in [6.07, 6.45) is 3.74. The Hall–Kier alpha value is -3.71. The van der Waals surface area contributed by atoms with Crippen LogP contribution in [-0.2, 0) is 0 Å². The van der Waals surface area contributed by atoms with Crippen molar-refractivity contribution >= 4 is 32.3 Å². The molecular formula is C29H21N. The lowest BCUT2D eigenvalue weighted by molar-refractivity contribution is 1.33. The molecule has 0 N–H and O–H groups in total. The van der Waals surface area contributed by atoms with Gasteiger partial charge in [-0.05, 0) is 85.6 Å². The van der Waals surface area contributed by atoms with E-state index >= 15 is 0 Å². The van der Waals surface area contributed by atoms with Crippen LogP contribution in [0.1, 0.15) is 11.1 Å². The van der Waals surface area contributed by atoms with Crippen LogP contribution in [0.15, 0.2) is 91.3 Å². The van der Waals surface area contributed by atoms with Gasteiger partial charge in [-0.2, -0.15) is 0 Å². The van der Waals surface area contributed by atoms with E-state index in [1.54, 1.807) is 0 Å². The number of benzene rings is 5. The second kappa shape index (κ2) is 6.40. The first-order valence-corrected chi connectivity index (χ1v) is 10.4. The molecule has 0 saturated heterocycles. The Morgan fingerprint density at radius 3 is 2.17 bits per heavy atom. The maximum absolute atomic E-state index is 4.27. The second-order valence-electron chi connectivity index (χ2n) is 8.20. The third-order valence-corrected chi connectivity index (χ3v) is 6.34. The van der Waals surface area contributed by atoms with Crippen LogP contribution in [0.4, 0.5) is 0 Å². The Balaban J connectivity index is 1.66. The highest BCUT2D eigenvalue weighted by Gasteiger charge is 2.16. The van der Waals surface area contributed by atoms with E-state index in [-0.39, 0.29) is 0 Å². The monoisotopic (exact) mass is 383 g/mol. The Kier molecular flexibility index (Phi) is 3.66. The molecular weight excluding hydrogens is 362 g/mol. The van der Waals surface area contributed by atoms with Crippen molar-refractivity contribution in [2.45, 2.75) is 13.8 Å². The minimum atomic E-state index is 1.15. The zero-order valence-corrected chi connectivity index (χ0v) is 17.1. The number of pyridine rings is 1. The summed E-state index contributed by atoms with van der Waals surface area (Å²) in [5.74, 6) is 0. The average molecular weight is 383 g/mol. The largest absolute Gasteiger partial charge is 0.264 e. The number of aryl methyl sites for hydroxylation is 2. The second-order valence-corrected chi connectivity index (χ2v) is 8.20. The van der Waals surface area contributed by atoms with Crippen molar-refractivity contribution in [3.8, 4) is 22.3 Å². The van der Waals surface area contributed by atoms with Crippen LogP contribution >= 0.6 is 0 Å². The minimum Gasteiger partial charge on any atom is -0.264 e. The van der Waals surface area contributed by atoms with Gasteiger partial charge < -0.3 is 0 Å². The third-order valence-electron chi connectivity index (χ3n) is 6.34. The Morgan fingerprint density at radius 2 is 1.40 bits per heavy atom. The van der Waals surface area contributed by atoms with Crippen LogP contribution < -0.4 is 0 Å². The van der Waals surface area contributed by atoms with Gasteiger partial charge in [0.15, 0.2) is 0 Å². The standard InChI is InChI=1S/C29H21N/c1-18-15-22(24-7-4-14-30-17-24)11-12-25(18)27-19(2)16-23-9-8-20-5-3-6-21-10-13-26(27)29(23)28(20)21/h3-17H,1-2H3. The van der Waals surface area contributed by atoms with Gasteiger partial charge in [-0.3, -0.25) is 4.98 Å². The predicted octanol–water partition coefficient (Wildman–Crippen LogP) is 7.93. The first-order valence-electron chi connectivity index (χ1n) is 10.4. The fourth-order valence-corrected chi connectivity index (χ4v) is 4.97. The summed E-state index contributed by atoms with van der Waals surface area (Å²) in [4.78, 5) is 4.27. The zero-order valence-electron chi connectivity index (χ0n) is 17.1. The lowest BCUT2D eigenvalue weighted by Crippen LogP contribution is -1.93. The molecule has 0 radical (unpaired) electrons. The number of hydrogen-bond acceptors (Lipinski definition) is 1. The van der Waals surface area contributed by atoms with Crippen molar-refractivity contribution in [1.82, 2.24) is 4.98 Å². The van der Waals surface area contributed by atoms with E-state index in [0.29, 0.717) is 0 Å². The molecule has 0 saturated carbocycles. The fourth-order valence-electron chi connectivity index (χ4n) is 4.97. The van der Waals surface area contributed by atoms with Gasteiger partial charge in [-0.1, -0.05) is 72.8 Å². The molecule has 1 aromatic heterocycles. The third kappa shape index (κ3) is 2.45. The molecule has 1 nitrogen and oxygen atoms in total. The van der Waals surface area contributed by atoms with Gasteiger partial charge in [0.1, 0.15) is 0 Å². The van der Waals surface area contributed by atoms with Crippen molar-refractivity contribution in [2.75, 3.05) is 0 Å². The SMILES string of the molecule is Cc1cc(-c2cccnc2)ccc1-c1c(C)cc2ccc3cccc4ccc1c2c34. The summed E-state index contributed by atoms with van der Waals surface area (Å²) < 4.78 is 0. The molecule has 6 rings (SSSR count). The molecule has 0 atom stereocenters. The Morgan fingerprint density at radius 1 is 0.600 bits per heavy atom. The van der Waals surface area contributed by atoms with Crippen LogP contribution in [0.5, 0.6) is 0 Å². The molecule has 0 fully saturated rings. The summed E-state index contributed by atoms with van der Waals surface area (Å²) >= 11 is 0. The van der Waals surface area contributed by atoms with E-state index in [2.05, 4.69) is 91.6 Å².